The summed E-state index contributed by atoms with van der Waals surface area (Å²) < 4.78 is 19.1. The fourth-order valence-corrected chi connectivity index (χ4v) is 4.27. The molecule has 0 radical (unpaired) electrons. The summed E-state index contributed by atoms with van der Waals surface area (Å²) in [6.07, 6.45) is 0. The molecule has 0 aliphatic carbocycles. The Kier molecular flexibility index (Phi) is 12.0. The predicted octanol–water partition coefficient (Wildman–Crippen LogP) is 3.36. The number of likely N-dealkylation sites (N-methyl/N-ethyl adjacent to an activating group) is 1. The molecule has 1 amide bonds. The smallest absolute Gasteiger partial charge is 0.328 e. The number of hydrogen-bond acceptors (Lipinski definition) is 12. The van der Waals surface area contributed by atoms with E-state index in [0.717, 1.165) is 30.3 Å². The zero-order valence-electron chi connectivity index (χ0n) is 25.7. The molecule has 0 heterocycles. The second kappa shape index (κ2) is 15.8. The maximum Gasteiger partial charge on any atom is 0.328 e. The van der Waals surface area contributed by atoms with Crippen LogP contribution in [0, 0.1) is 6.92 Å². The normalized spacial score (nSPS) is 10.4. The molecule has 3 aromatic carbocycles. The number of nitrogens with zero attached hydrogens (tertiary/aromatic N) is 2. The van der Waals surface area contributed by atoms with Crippen molar-refractivity contribution >= 4 is 63.4 Å². The number of hydrogen-bond donors (Lipinski definition) is 1. The largest absolute Gasteiger partial charge is 0.428 e. The lowest BCUT2D eigenvalue weighted by atomic mass is 10.0. The third-order valence-electron chi connectivity index (χ3n) is 6.48. The van der Waals surface area contributed by atoms with Crippen molar-refractivity contribution < 1.29 is 47.7 Å². The van der Waals surface area contributed by atoms with Gasteiger partial charge in [0.05, 0.1) is 6.54 Å². The summed E-state index contributed by atoms with van der Waals surface area (Å²) in [4.78, 5) is 74.5. The van der Waals surface area contributed by atoms with Gasteiger partial charge in [0.1, 0.15) is 13.1 Å². The Morgan fingerprint density at radius 1 is 0.689 bits per heavy atom. The van der Waals surface area contributed by atoms with Crippen LogP contribution in [0.15, 0.2) is 54.6 Å². The fraction of sp³-hybridized carbons (Fsp3) is 0.312. The molecule has 0 aromatic heterocycles. The van der Waals surface area contributed by atoms with Crippen molar-refractivity contribution in [1.29, 1.82) is 0 Å². The Morgan fingerprint density at radius 3 is 1.82 bits per heavy atom. The molecule has 0 spiro atoms. The molecule has 0 aliphatic rings. The van der Waals surface area contributed by atoms with Crippen LogP contribution in [-0.4, -0.2) is 75.8 Å². The molecule has 0 atom stereocenters. The second-order valence-electron chi connectivity index (χ2n) is 10.1. The van der Waals surface area contributed by atoms with E-state index in [9.17, 15) is 28.8 Å². The van der Waals surface area contributed by atoms with Gasteiger partial charge < -0.3 is 34.1 Å². The highest BCUT2D eigenvalue weighted by Crippen LogP contribution is 2.25. The molecular formula is C32H35N3O10. The number of nitrogens with one attached hydrogen (secondary N) is 1. The van der Waals surface area contributed by atoms with Gasteiger partial charge in [0, 0.05) is 43.5 Å². The SMILES string of the molecule is CC(=O)OCOC(=O)CN(CC(=O)OCOC(C)=O)c1ccc(NC(=O)CN(C)c2ccc3cc(C(C)=O)ccc3c2)cc1C. The van der Waals surface area contributed by atoms with Crippen molar-refractivity contribution in [2.75, 3.05) is 55.4 Å². The Hall–Kier alpha value is -5.46. The number of rotatable bonds is 14. The van der Waals surface area contributed by atoms with Crippen LogP contribution in [0.2, 0.25) is 0 Å². The molecule has 0 bridgehead atoms. The fourth-order valence-electron chi connectivity index (χ4n) is 4.27. The lowest BCUT2D eigenvalue weighted by molar-refractivity contribution is -0.165. The number of ether oxygens (including phenoxy) is 4. The van der Waals surface area contributed by atoms with Crippen LogP contribution < -0.4 is 15.1 Å². The first kappa shape index (κ1) is 34.0. The Bertz CT molecular complexity index is 1570. The quantitative estimate of drug-likeness (QED) is 0.159. The van der Waals surface area contributed by atoms with E-state index in [1.54, 1.807) is 43.1 Å². The summed E-state index contributed by atoms with van der Waals surface area (Å²) in [5.41, 5.74) is 3.01. The first-order valence-corrected chi connectivity index (χ1v) is 13.8. The summed E-state index contributed by atoms with van der Waals surface area (Å²) >= 11 is 0. The van der Waals surface area contributed by atoms with E-state index in [0.29, 0.717) is 22.5 Å². The summed E-state index contributed by atoms with van der Waals surface area (Å²) in [7, 11) is 1.79. The number of amides is 1. The van der Waals surface area contributed by atoms with Crippen molar-refractivity contribution in [2.45, 2.75) is 27.7 Å². The van der Waals surface area contributed by atoms with Crippen LogP contribution in [0.1, 0.15) is 36.7 Å². The van der Waals surface area contributed by atoms with Gasteiger partial charge in [-0.25, -0.2) is 0 Å². The Balaban J connectivity index is 1.68. The molecule has 0 saturated carbocycles. The van der Waals surface area contributed by atoms with Gasteiger partial charge in [-0.2, -0.15) is 0 Å². The van der Waals surface area contributed by atoms with Crippen LogP contribution in [0.3, 0.4) is 0 Å². The van der Waals surface area contributed by atoms with E-state index in [1.807, 2.05) is 30.3 Å². The topological polar surface area (TPSA) is 158 Å². The van der Waals surface area contributed by atoms with Crippen molar-refractivity contribution in [3.8, 4) is 0 Å². The van der Waals surface area contributed by atoms with Gasteiger partial charge in [0.25, 0.3) is 0 Å². The van der Waals surface area contributed by atoms with Gasteiger partial charge in [0.2, 0.25) is 19.5 Å². The monoisotopic (exact) mass is 621 g/mol. The van der Waals surface area contributed by atoms with Crippen LogP contribution in [0.5, 0.6) is 0 Å². The molecule has 13 nitrogen and oxygen atoms in total. The maximum absolute atomic E-state index is 12.9. The average molecular weight is 622 g/mol. The maximum atomic E-state index is 12.9. The van der Waals surface area contributed by atoms with Crippen LogP contribution in [0.4, 0.5) is 17.1 Å². The lowest BCUT2D eigenvalue weighted by Crippen LogP contribution is -2.37. The summed E-state index contributed by atoms with van der Waals surface area (Å²) in [5, 5.41) is 4.71. The van der Waals surface area contributed by atoms with E-state index in [2.05, 4.69) is 14.8 Å². The number of esters is 4. The molecule has 238 valence electrons. The minimum Gasteiger partial charge on any atom is -0.428 e. The molecule has 3 rings (SSSR count). The first-order valence-electron chi connectivity index (χ1n) is 13.8. The molecule has 0 saturated heterocycles. The lowest BCUT2D eigenvalue weighted by Gasteiger charge is -2.25. The number of ketones is 1. The predicted molar refractivity (Wildman–Crippen MR) is 165 cm³/mol. The zero-order chi connectivity index (χ0) is 33.1. The summed E-state index contributed by atoms with van der Waals surface area (Å²) in [6, 6.07) is 16.1. The molecule has 0 fully saturated rings. The number of benzene rings is 3. The highest BCUT2D eigenvalue weighted by molar-refractivity contribution is 5.99. The molecule has 0 aliphatic heterocycles. The average Bonchev–Trinajstić information content (AvgIpc) is 2.95. The van der Waals surface area contributed by atoms with Crippen molar-refractivity contribution in [1.82, 2.24) is 0 Å². The number of carbonyl (C=O) groups is 6. The number of anilines is 3. The van der Waals surface area contributed by atoms with Gasteiger partial charge in [-0.1, -0.05) is 18.2 Å². The van der Waals surface area contributed by atoms with Gasteiger partial charge in [-0.15, -0.1) is 0 Å². The highest BCUT2D eigenvalue weighted by atomic mass is 16.7. The molecular weight excluding hydrogens is 586 g/mol. The number of aryl methyl sites for hydroxylation is 1. The van der Waals surface area contributed by atoms with Crippen molar-refractivity contribution in [3.05, 3.63) is 65.7 Å². The van der Waals surface area contributed by atoms with E-state index in [4.69, 9.17) is 9.47 Å². The third kappa shape index (κ3) is 10.6. The van der Waals surface area contributed by atoms with Crippen LogP contribution in [0.25, 0.3) is 10.8 Å². The van der Waals surface area contributed by atoms with Gasteiger partial charge in [-0.3, -0.25) is 28.8 Å². The molecule has 13 heteroatoms. The van der Waals surface area contributed by atoms with Gasteiger partial charge in [-0.05, 0) is 66.6 Å². The molecule has 0 unspecified atom stereocenters. The first-order chi connectivity index (χ1) is 21.3. The molecule has 3 aromatic rings. The number of fused-ring (bicyclic) bond motifs is 1. The van der Waals surface area contributed by atoms with Crippen LogP contribution in [-0.2, 0) is 42.9 Å². The number of Topliss-reactive ketones (excluding diaryl/α,β-unsaturated/α-hetero) is 1. The molecule has 1 N–H and O–H groups in total. The van der Waals surface area contributed by atoms with E-state index >= 15 is 0 Å². The third-order valence-corrected chi connectivity index (χ3v) is 6.48. The van der Waals surface area contributed by atoms with Gasteiger partial charge in [0.15, 0.2) is 5.78 Å². The van der Waals surface area contributed by atoms with Crippen molar-refractivity contribution in [3.63, 3.8) is 0 Å². The summed E-state index contributed by atoms with van der Waals surface area (Å²) in [5.74, 6) is -3.11. The Labute approximate surface area is 260 Å². The number of carbonyl (C=O) groups excluding carboxylic acids is 6. The van der Waals surface area contributed by atoms with E-state index in [-0.39, 0.29) is 18.2 Å². The minimum atomic E-state index is -0.781. The van der Waals surface area contributed by atoms with E-state index in [1.165, 1.54) is 11.8 Å². The highest BCUT2D eigenvalue weighted by Gasteiger charge is 2.20. The van der Waals surface area contributed by atoms with Crippen molar-refractivity contribution in [2.24, 2.45) is 0 Å². The van der Waals surface area contributed by atoms with E-state index < -0.39 is 50.6 Å². The molecule has 45 heavy (non-hydrogen) atoms. The van der Waals surface area contributed by atoms with Crippen LogP contribution >= 0.6 is 0 Å². The zero-order valence-corrected chi connectivity index (χ0v) is 25.7. The summed E-state index contributed by atoms with van der Waals surface area (Å²) in [6.45, 7) is 3.65. The second-order valence-corrected chi connectivity index (χ2v) is 10.1. The Morgan fingerprint density at radius 2 is 1.27 bits per heavy atom. The standard InChI is InChI=1S/C32H35N3O10/c1-20-12-27(33-30(39)15-34(5)28-10-8-25-13-24(21(2)36)6-7-26(25)14-28)9-11-29(20)35(16-31(40)44-18-42-22(3)37)17-32(41)45-19-43-23(4)38/h6-14H,15-19H2,1-5H3,(H,33,39). The van der Waals surface area contributed by atoms with Gasteiger partial charge >= 0.3 is 23.9 Å². The minimum absolute atomic E-state index is 0.0109.